The molecule has 2 aromatic carbocycles. The van der Waals surface area contributed by atoms with Crippen LogP contribution in [0.1, 0.15) is 30.2 Å². The van der Waals surface area contributed by atoms with E-state index in [2.05, 4.69) is 31.0 Å². The van der Waals surface area contributed by atoms with Gasteiger partial charge in [0.15, 0.2) is 12.4 Å². The van der Waals surface area contributed by atoms with Crippen LogP contribution in [0.5, 0.6) is 11.5 Å². The van der Waals surface area contributed by atoms with Gasteiger partial charge < -0.3 is 24.5 Å². The van der Waals surface area contributed by atoms with Crippen molar-refractivity contribution in [2.45, 2.75) is 32.5 Å². The second-order valence-electron chi connectivity index (χ2n) is 8.26. The van der Waals surface area contributed by atoms with Crippen LogP contribution in [0.4, 0.5) is 0 Å². The minimum atomic E-state index is -0.278. The van der Waals surface area contributed by atoms with Crippen LogP contribution in [0.15, 0.2) is 54.6 Å². The summed E-state index contributed by atoms with van der Waals surface area (Å²) in [4.78, 5) is 14.8. The van der Waals surface area contributed by atoms with E-state index in [0.717, 1.165) is 55.6 Å². The van der Waals surface area contributed by atoms with E-state index in [4.69, 9.17) is 14.6 Å². The molecule has 0 radical (unpaired) electrons. The van der Waals surface area contributed by atoms with E-state index < -0.39 is 0 Å². The molecule has 1 amide bonds. The minimum Gasteiger partial charge on any atom is -0.491 e. The van der Waals surface area contributed by atoms with Crippen LogP contribution in [0.3, 0.4) is 0 Å². The lowest BCUT2D eigenvalue weighted by atomic mass is 10.2. The number of carbonyl (C=O) groups excluding carboxylic acids is 1. The Hall–Kier alpha value is -3.43. The highest BCUT2D eigenvalue weighted by Crippen LogP contribution is 2.19. The number of amides is 1. The zero-order valence-corrected chi connectivity index (χ0v) is 19.4. The van der Waals surface area contributed by atoms with Gasteiger partial charge in [-0.1, -0.05) is 30.3 Å². The molecule has 34 heavy (non-hydrogen) atoms. The average Bonchev–Trinajstić information content (AvgIpc) is 3.17. The maximum absolute atomic E-state index is 12.4. The van der Waals surface area contributed by atoms with E-state index in [1.54, 1.807) is 0 Å². The number of nitrogens with zero attached hydrogens (tertiary/aromatic N) is 4. The Kier molecular flexibility index (Phi) is 8.11. The van der Waals surface area contributed by atoms with Crippen molar-refractivity contribution in [1.82, 2.24) is 25.0 Å². The molecule has 4 rings (SSSR count). The van der Waals surface area contributed by atoms with Crippen LogP contribution in [0.25, 0.3) is 0 Å². The number of aliphatic hydroxyl groups is 1. The Morgan fingerprint density at radius 2 is 1.88 bits per heavy atom. The third kappa shape index (κ3) is 6.33. The number of hydrogen-bond donors (Lipinski definition) is 2. The molecule has 2 heterocycles. The van der Waals surface area contributed by atoms with Crippen molar-refractivity contribution in [1.29, 1.82) is 0 Å². The van der Waals surface area contributed by atoms with E-state index in [-0.39, 0.29) is 31.8 Å². The first kappa shape index (κ1) is 23.7. The summed E-state index contributed by atoms with van der Waals surface area (Å²) in [6.45, 7) is 5.41. The number of carbonyl (C=O) groups is 1. The molecule has 0 aliphatic carbocycles. The summed E-state index contributed by atoms with van der Waals surface area (Å²) in [6, 6.07) is 17.0. The molecule has 2 N–H and O–H groups in total. The molecule has 0 saturated heterocycles. The summed E-state index contributed by atoms with van der Waals surface area (Å²) in [7, 11) is 0. The Balaban J connectivity index is 1.31. The summed E-state index contributed by atoms with van der Waals surface area (Å²) in [6.07, 6.45) is 0.783. The Morgan fingerprint density at radius 1 is 1.06 bits per heavy atom. The quantitative estimate of drug-likeness (QED) is 0.472. The van der Waals surface area contributed by atoms with Crippen molar-refractivity contribution in [2.75, 3.05) is 32.9 Å². The fraction of sp³-hybridized carbons (Fsp3) is 0.400. The molecule has 3 aromatic rings. The molecule has 9 nitrogen and oxygen atoms in total. The van der Waals surface area contributed by atoms with Gasteiger partial charge in [0, 0.05) is 32.6 Å². The maximum Gasteiger partial charge on any atom is 0.258 e. The topological polar surface area (TPSA) is 102 Å². The second kappa shape index (κ2) is 11.6. The first-order valence-electron chi connectivity index (χ1n) is 11.6. The first-order valence-corrected chi connectivity index (χ1v) is 11.6. The third-order valence-electron chi connectivity index (χ3n) is 5.69. The van der Waals surface area contributed by atoms with Crippen molar-refractivity contribution in [3.63, 3.8) is 0 Å². The molecule has 1 atom stereocenters. The first-order chi connectivity index (χ1) is 16.6. The number of para-hydroxylation sites is 1. The number of ether oxygens (including phenoxy) is 2. The SMILES string of the molecule is C[C@@H](NC(=O)COc1ccccc1)c1nnc2n1CCN(Cc1cccc(OCCO)c1)CC2. The van der Waals surface area contributed by atoms with Crippen molar-refractivity contribution < 1.29 is 19.4 Å². The summed E-state index contributed by atoms with van der Waals surface area (Å²) < 4.78 is 13.2. The predicted octanol–water partition coefficient (Wildman–Crippen LogP) is 1.96. The number of aromatic nitrogens is 3. The second-order valence-corrected chi connectivity index (χ2v) is 8.26. The van der Waals surface area contributed by atoms with Crippen molar-refractivity contribution in [3.8, 4) is 11.5 Å². The molecule has 180 valence electrons. The molecular weight excluding hydrogens is 434 g/mol. The fourth-order valence-electron chi connectivity index (χ4n) is 4.04. The van der Waals surface area contributed by atoms with Crippen molar-refractivity contribution >= 4 is 5.91 Å². The van der Waals surface area contributed by atoms with E-state index in [0.29, 0.717) is 5.75 Å². The van der Waals surface area contributed by atoms with Crippen LogP contribution in [0.2, 0.25) is 0 Å². The van der Waals surface area contributed by atoms with E-state index in [1.165, 1.54) is 0 Å². The molecule has 1 aromatic heterocycles. The number of benzene rings is 2. The minimum absolute atomic E-state index is 0.00286. The van der Waals surface area contributed by atoms with Crippen LogP contribution in [-0.2, 0) is 24.3 Å². The molecule has 1 aliphatic heterocycles. The molecule has 0 spiro atoms. The van der Waals surface area contributed by atoms with Gasteiger partial charge in [-0.3, -0.25) is 9.69 Å². The summed E-state index contributed by atoms with van der Waals surface area (Å²) in [5.41, 5.74) is 1.16. The van der Waals surface area contributed by atoms with Gasteiger partial charge in [0.2, 0.25) is 0 Å². The zero-order valence-electron chi connectivity index (χ0n) is 19.4. The highest BCUT2D eigenvalue weighted by molar-refractivity contribution is 5.77. The standard InChI is InChI=1S/C25H31N5O4/c1-19(26-24(32)18-34-21-7-3-2-4-8-21)25-28-27-23-10-11-29(12-13-30(23)25)17-20-6-5-9-22(16-20)33-15-14-31/h2-9,16,19,31H,10-15,17-18H2,1H3,(H,26,32)/t19-/m1/s1. The molecule has 9 heteroatoms. The summed E-state index contributed by atoms with van der Waals surface area (Å²) in [5, 5.41) is 20.7. The average molecular weight is 466 g/mol. The third-order valence-corrected chi connectivity index (χ3v) is 5.69. The molecule has 0 saturated carbocycles. The van der Waals surface area contributed by atoms with Gasteiger partial charge in [0.05, 0.1) is 12.6 Å². The van der Waals surface area contributed by atoms with Gasteiger partial charge >= 0.3 is 0 Å². The molecular formula is C25H31N5O4. The number of nitrogens with one attached hydrogen (secondary N) is 1. The highest BCUT2D eigenvalue weighted by Gasteiger charge is 2.23. The zero-order chi connectivity index (χ0) is 23.8. The smallest absolute Gasteiger partial charge is 0.258 e. The molecule has 1 aliphatic rings. The van der Waals surface area contributed by atoms with Gasteiger partial charge in [-0.25, -0.2) is 0 Å². The maximum atomic E-state index is 12.4. The molecule has 0 bridgehead atoms. The summed E-state index contributed by atoms with van der Waals surface area (Å²) in [5.74, 6) is 2.91. The molecule has 0 fully saturated rings. The van der Waals surface area contributed by atoms with Gasteiger partial charge in [0.25, 0.3) is 5.91 Å². The van der Waals surface area contributed by atoms with E-state index in [1.807, 2.05) is 55.5 Å². The van der Waals surface area contributed by atoms with Gasteiger partial charge in [-0.15, -0.1) is 10.2 Å². The van der Waals surface area contributed by atoms with Gasteiger partial charge in [-0.2, -0.15) is 0 Å². The summed E-state index contributed by atoms with van der Waals surface area (Å²) >= 11 is 0. The Labute approximate surface area is 199 Å². The fourth-order valence-corrected chi connectivity index (χ4v) is 4.04. The van der Waals surface area contributed by atoms with Crippen molar-refractivity contribution in [3.05, 3.63) is 71.8 Å². The van der Waals surface area contributed by atoms with Crippen molar-refractivity contribution in [2.24, 2.45) is 0 Å². The lowest BCUT2D eigenvalue weighted by molar-refractivity contribution is -0.123. The van der Waals surface area contributed by atoms with Crippen LogP contribution >= 0.6 is 0 Å². The molecule has 0 unspecified atom stereocenters. The van der Waals surface area contributed by atoms with Crippen LogP contribution < -0.4 is 14.8 Å². The van der Waals surface area contributed by atoms with E-state index in [9.17, 15) is 4.79 Å². The number of aliphatic hydroxyl groups excluding tert-OH is 1. The number of fused-ring (bicyclic) bond motifs is 1. The number of rotatable bonds is 10. The lowest BCUT2D eigenvalue weighted by Crippen LogP contribution is -2.33. The monoisotopic (exact) mass is 465 g/mol. The number of hydrogen-bond acceptors (Lipinski definition) is 7. The lowest BCUT2D eigenvalue weighted by Gasteiger charge is -2.20. The predicted molar refractivity (Wildman–Crippen MR) is 127 cm³/mol. The van der Waals surface area contributed by atoms with E-state index >= 15 is 0 Å². The van der Waals surface area contributed by atoms with Gasteiger partial charge in [0.1, 0.15) is 23.9 Å². The van der Waals surface area contributed by atoms with Gasteiger partial charge in [-0.05, 0) is 36.8 Å². The Bertz CT molecular complexity index is 1070. The Morgan fingerprint density at radius 3 is 2.71 bits per heavy atom. The van der Waals surface area contributed by atoms with Crippen LogP contribution in [0, 0.1) is 0 Å². The van der Waals surface area contributed by atoms with Crippen LogP contribution in [-0.4, -0.2) is 63.6 Å². The highest BCUT2D eigenvalue weighted by atomic mass is 16.5. The normalized spacial score (nSPS) is 14.6. The largest absolute Gasteiger partial charge is 0.491 e.